The summed E-state index contributed by atoms with van der Waals surface area (Å²) in [6.07, 6.45) is -1.46. The number of benzene rings is 2. The van der Waals surface area contributed by atoms with E-state index in [1.54, 1.807) is 0 Å². The fourth-order valence-electron chi connectivity index (χ4n) is 1.98. The first-order valence-corrected chi connectivity index (χ1v) is 6.71. The van der Waals surface area contributed by atoms with Crippen molar-refractivity contribution in [1.82, 2.24) is 14.9 Å². The van der Waals surface area contributed by atoms with Gasteiger partial charge in [-0.05, 0) is 17.7 Å². The van der Waals surface area contributed by atoms with E-state index in [1.807, 2.05) is 30.3 Å². The zero-order valence-electron chi connectivity index (χ0n) is 11.8. The first-order chi connectivity index (χ1) is 11.0. The minimum atomic E-state index is -4.34. The summed E-state index contributed by atoms with van der Waals surface area (Å²) in [5, 5.41) is 12.0. The molecule has 0 atom stereocenters. The van der Waals surface area contributed by atoms with Gasteiger partial charge >= 0.3 is 6.18 Å². The highest BCUT2D eigenvalue weighted by atomic mass is 19.4. The van der Waals surface area contributed by atoms with E-state index in [9.17, 15) is 13.2 Å². The highest BCUT2D eigenvalue weighted by Gasteiger charge is 2.29. The quantitative estimate of drug-likeness (QED) is 0.689. The molecule has 0 aliphatic rings. The molecule has 0 bridgehead atoms. The van der Waals surface area contributed by atoms with Crippen LogP contribution in [0, 0.1) is 0 Å². The molecule has 0 radical (unpaired) electrons. The van der Waals surface area contributed by atoms with E-state index < -0.39 is 11.7 Å². The lowest BCUT2D eigenvalue weighted by Crippen LogP contribution is -2.04. The van der Waals surface area contributed by atoms with Crippen LogP contribution in [-0.4, -0.2) is 21.1 Å². The van der Waals surface area contributed by atoms with Crippen LogP contribution in [0.1, 0.15) is 11.1 Å². The Labute approximate surface area is 129 Å². The summed E-state index contributed by atoms with van der Waals surface area (Å²) in [5.41, 5.74) is 0.698. The third kappa shape index (κ3) is 3.45. The predicted octanol–water partition coefficient (Wildman–Crippen LogP) is 3.85. The highest BCUT2D eigenvalue weighted by Crippen LogP contribution is 2.28. The van der Waals surface area contributed by atoms with Crippen molar-refractivity contribution in [2.24, 2.45) is 5.10 Å². The largest absolute Gasteiger partial charge is 0.416 e. The summed E-state index contributed by atoms with van der Waals surface area (Å²) < 4.78 is 39.0. The maximum Gasteiger partial charge on any atom is 0.416 e. The van der Waals surface area contributed by atoms with Crippen molar-refractivity contribution in [2.75, 3.05) is 0 Å². The molecule has 0 fully saturated rings. The van der Waals surface area contributed by atoms with Crippen molar-refractivity contribution in [3.05, 3.63) is 72.1 Å². The molecule has 1 heterocycles. The lowest BCUT2D eigenvalue weighted by atomic mass is 10.1. The molecule has 3 rings (SSSR count). The van der Waals surface area contributed by atoms with Gasteiger partial charge in [-0.15, -0.1) is 10.2 Å². The normalized spacial score (nSPS) is 12.0. The second-order valence-electron chi connectivity index (χ2n) is 4.73. The highest BCUT2D eigenvalue weighted by molar-refractivity contribution is 5.79. The number of halogens is 3. The van der Waals surface area contributed by atoms with Crippen molar-refractivity contribution in [2.45, 2.75) is 6.18 Å². The van der Waals surface area contributed by atoms with Gasteiger partial charge in [0.05, 0.1) is 11.8 Å². The summed E-state index contributed by atoms with van der Waals surface area (Å²) >= 11 is 0. The SMILES string of the molecule is FC(F)(F)c1ccc(/C=N\n2cnnc2-c2ccccc2)cc1. The van der Waals surface area contributed by atoms with Gasteiger partial charge in [-0.3, -0.25) is 0 Å². The Morgan fingerprint density at radius 3 is 2.30 bits per heavy atom. The Hall–Kier alpha value is -2.96. The van der Waals surface area contributed by atoms with E-state index in [-0.39, 0.29) is 0 Å². The molecule has 0 unspecified atom stereocenters. The zero-order valence-corrected chi connectivity index (χ0v) is 11.8. The Morgan fingerprint density at radius 2 is 1.65 bits per heavy atom. The van der Waals surface area contributed by atoms with Gasteiger partial charge in [0, 0.05) is 5.56 Å². The first-order valence-electron chi connectivity index (χ1n) is 6.71. The zero-order chi connectivity index (χ0) is 16.3. The van der Waals surface area contributed by atoms with Gasteiger partial charge < -0.3 is 0 Å². The second-order valence-corrected chi connectivity index (χ2v) is 4.73. The lowest BCUT2D eigenvalue weighted by molar-refractivity contribution is -0.137. The Balaban J connectivity index is 1.83. The van der Waals surface area contributed by atoms with E-state index >= 15 is 0 Å². The molecule has 0 amide bonds. The summed E-state index contributed by atoms with van der Waals surface area (Å²) in [6.45, 7) is 0. The molecule has 0 aliphatic carbocycles. The number of hydrogen-bond donors (Lipinski definition) is 0. The van der Waals surface area contributed by atoms with Gasteiger partial charge in [0.1, 0.15) is 6.33 Å². The fourth-order valence-corrected chi connectivity index (χ4v) is 1.98. The van der Waals surface area contributed by atoms with Crippen LogP contribution in [-0.2, 0) is 6.18 Å². The molecule has 0 aliphatic heterocycles. The number of nitrogens with zero attached hydrogens (tertiary/aromatic N) is 4. The average molecular weight is 316 g/mol. The van der Waals surface area contributed by atoms with Crippen LogP contribution >= 0.6 is 0 Å². The maximum atomic E-state index is 12.5. The Morgan fingerprint density at radius 1 is 0.957 bits per heavy atom. The maximum absolute atomic E-state index is 12.5. The van der Waals surface area contributed by atoms with Crippen molar-refractivity contribution in [3.8, 4) is 11.4 Å². The topological polar surface area (TPSA) is 43.1 Å². The standard InChI is InChI=1S/C16H11F3N4/c17-16(18,19)14-8-6-12(7-9-14)10-21-23-11-20-22-15(23)13-4-2-1-3-5-13/h1-11H/b21-10-. The fraction of sp³-hybridized carbons (Fsp3) is 0.0625. The molecular formula is C16H11F3N4. The molecule has 2 aromatic carbocycles. The van der Waals surface area contributed by atoms with Crippen molar-refractivity contribution in [3.63, 3.8) is 0 Å². The van der Waals surface area contributed by atoms with E-state index in [2.05, 4.69) is 15.3 Å². The number of aromatic nitrogens is 3. The smallest absolute Gasteiger partial charge is 0.200 e. The summed E-state index contributed by atoms with van der Waals surface area (Å²) in [5.74, 6) is 0.550. The van der Waals surface area contributed by atoms with E-state index in [0.717, 1.165) is 17.7 Å². The number of alkyl halides is 3. The van der Waals surface area contributed by atoms with E-state index in [4.69, 9.17) is 0 Å². The molecule has 0 N–H and O–H groups in total. The molecule has 0 spiro atoms. The van der Waals surface area contributed by atoms with Crippen LogP contribution < -0.4 is 0 Å². The Bertz CT molecular complexity index is 805. The van der Waals surface area contributed by atoms with E-state index in [0.29, 0.717) is 11.4 Å². The number of hydrogen-bond acceptors (Lipinski definition) is 3. The van der Waals surface area contributed by atoms with Gasteiger partial charge in [-0.1, -0.05) is 42.5 Å². The summed E-state index contributed by atoms with van der Waals surface area (Å²) in [6, 6.07) is 14.1. The molecule has 7 heteroatoms. The molecule has 0 saturated carbocycles. The minimum Gasteiger partial charge on any atom is -0.200 e. The second kappa shape index (κ2) is 6.04. The van der Waals surface area contributed by atoms with Crippen LogP contribution in [0.3, 0.4) is 0 Å². The van der Waals surface area contributed by atoms with Crippen molar-refractivity contribution >= 4 is 6.21 Å². The average Bonchev–Trinajstić information content (AvgIpc) is 3.02. The van der Waals surface area contributed by atoms with Gasteiger partial charge in [-0.2, -0.15) is 22.9 Å². The van der Waals surface area contributed by atoms with Crippen LogP contribution in [0.2, 0.25) is 0 Å². The molecular weight excluding hydrogens is 305 g/mol. The monoisotopic (exact) mass is 316 g/mol. The molecule has 3 aromatic rings. The molecule has 116 valence electrons. The molecule has 4 nitrogen and oxygen atoms in total. The van der Waals surface area contributed by atoms with Crippen LogP contribution in [0.5, 0.6) is 0 Å². The van der Waals surface area contributed by atoms with Gasteiger partial charge in [-0.25, -0.2) is 0 Å². The lowest BCUT2D eigenvalue weighted by Gasteiger charge is -2.05. The molecule has 23 heavy (non-hydrogen) atoms. The van der Waals surface area contributed by atoms with Crippen LogP contribution in [0.15, 0.2) is 66.0 Å². The van der Waals surface area contributed by atoms with E-state index in [1.165, 1.54) is 29.4 Å². The van der Waals surface area contributed by atoms with Gasteiger partial charge in [0.25, 0.3) is 0 Å². The van der Waals surface area contributed by atoms with Crippen LogP contribution in [0.4, 0.5) is 13.2 Å². The van der Waals surface area contributed by atoms with Crippen LogP contribution in [0.25, 0.3) is 11.4 Å². The van der Waals surface area contributed by atoms with Gasteiger partial charge in [0.2, 0.25) is 0 Å². The predicted molar refractivity (Wildman–Crippen MR) is 79.9 cm³/mol. The Kier molecular flexibility index (Phi) is 3.92. The minimum absolute atomic E-state index is 0.547. The van der Waals surface area contributed by atoms with Crippen molar-refractivity contribution < 1.29 is 13.2 Å². The van der Waals surface area contributed by atoms with Gasteiger partial charge in [0.15, 0.2) is 5.82 Å². The molecule has 1 aromatic heterocycles. The third-order valence-electron chi connectivity index (χ3n) is 3.13. The first kappa shape index (κ1) is 15.0. The van der Waals surface area contributed by atoms with Crippen molar-refractivity contribution in [1.29, 1.82) is 0 Å². The third-order valence-corrected chi connectivity index (χ3v) is 3.13. The summed E-state index contributed by atoms with van der Waals surface area (Å²) in [4.78, 5) is 0. The number of rotatable bonds is 3. The summed E-state index contributed by atoms with van der Waals surface area (Å²) in [7, 11) is 0. The molecule has 0 saturated heterocycles.